The minimum atomic E-state index is -3.23. The van der Waals surface area contributed by atoms with Crippen LogP contribution in [0, 0.1) is 11.3 Å². The molecule has 0 aliphatic heterocycles. The zero-order chi connectivity index (χ0) is 13.6. The molecule has 102 valence electrons. The largest absolute Gasteiger partial charge is 0.388 e. The molecule has 5 nitrogen and oxygen atoms in total. The molecule has 0 atom stereocenters. The zero-order valence-corrected chi connectivity index (χ0v) is 12.0. The lowest BCUT2D eigenvalue weighted by Gasteiger charge is -2.26. The van der Waals surface area contributed by atoms with E-state index in [1.165, 1.54) is 4.31 Å². The van der Waals surface area contributed by atoms with Crippen LogP contribution in [0.5, 0.6) is 0 Å². The molecule has 0 aliphatic carbocycles. The summed E-state index contributed by atoms with van der Waals surface area (Å²) in [6.45, 7) is 7.99. The highest BCUT2D eigenvalue weighted by Crippen LogP contribution is 2.12. The molecule has 0 heterocycles. The van der Waals surface area contributed by atoms with Crippen LogP contribution in [0.1, 0.15) is 40.5 Å². The zero-order valence-electron chi connectivity index (χ0n) is 11.2. The highest BCUT2D eigenvalue weighted by atomic mass is 32.2. The average molecular weight is 263 g/mol. The highest BCUT2D eigenvalue weighted by molar-refractivity contribution is 7.89. The van der Waals surface area contributed by atoms with Crippen molar-refractivity contribution in [3.63, 3.8) is 0 Å². The van der Waals surface area contributed by atoms with Gasteiger partial charge in [0.15, 0.2) is 0 Å². The predicted octanol–water partition coefficient (Wildman–Crippen LogP) is 1.40. The summed E-state index contributed by atoms with van der Waals surface area (Å²) in [5.41, 5.74) is 5.27. The van der Waals surface area contributed by atoms with E-state index >= 15 is 0 Å². The molecule has 0 aromatic heterocycles. The van der Waals surface area contributed by atoms with Gasteiger partial charge in [0, 0.05) is 19.0 Å². The van der Waals surface area contributed by atoms with Gasteiger partial charge in [-0.3, -0.25) is 5.41 Å². The van der Waals surface area contributed by atoms with Crippen molar-refractivity contribution in [2.75, 3.05) is 12.3 Å². The summed E-state index contributed by atoms with van der Waals surface area (Å²) in [5.74, 6) is 0.558. The number of nitrogens with zero attached hydrogens (tertiary/aromatic N) is 1. The van der Waals surface area contributed by atoms with Gasteiger partial charge in [-0.05, 0) is 26.2 Å². The van der Waals surface area contributed by atoms with Gasteiger partial charge in [-0.25, -0.2) is 8.42 Å². The summed E-state index contributed by atoms with van der Waals surface area (Å²) >= 11 is 0. The Kier molecular flexibility index (Phi) is 6.70. The van der Waals surface area contributed by atoms with Gasteiger partial charge in [-0.1, -0.05) is 13.8 Å². The van der Waals surface area contributed by atoms with E-state index in [1.807, 2.05) is 27.7 Å². The van der Waals surface area contributed by atoms with E-state index in [4.69, 9.17) is 11.1 Å². The Labute approximate surface area is 105 Å². The van der Waals surface area contributed by atoms with Crippen molar-refractivity contribution in [1.82, 2.24) is 4.31 Å². The van der Waals surface area contributed by atoms with Crippen molar-refractivity contribution in [1.29, 1.82) is 5.41 Å². The second-order valence-corrected chi connectivity index (χ2v) is 7.02. The van der Waals surface area contributed by atoms with Crippen LogP contribution in [0.2, 0.25) is 0 Å². The maximum atomic E-state index is 12.1. The van der Waals surface area contributed by atoms with E-state index in [0.717, 1.165) is 0 Å². The van der Waals surface area contributed by atoms with Gasteiger partial charge in [0.05, 0.1) is 11.6 Å². The van der Waals surface area contributed by atoms with Crippen molar-refractivity contribution < 1.29 is 8.42 Å². The summed E-state index contributed by atoms with van der Waals surface area (Å²) in [6, 6.07) is -0.0912. The molecule has 0 aromatic rings. The standard InChI is InChI=1S/C11H25N3O2S/c1-9(2)6-8-17(15,16)14(10(3)4)7-5-11(12)13/h9-10H,5-8H2,1-4H3,(H3,12,13). The maximum Gasteiger partial charge on any atom is 0.214 e. The van der Waals surface area contributed by atoms with Crippen LogP contribution in [-0.2, 0) is 10.0 Å². The van der Waals surface area contributed by atoms with E-state index < -0.39 is 10.0 Å². The Balaban J connectivity index is 4.62. The van der Waals surface area contributed by atoms with E-state index in [0.29, 0.717) is 25.3 Å². The van der Waals surface area contributed by atoms with E-state index in [2.05, 4.69) is 0 Å². The van der Waals surface area contributed by atoms with Gasteiger partial charge in [0.2, 0.25) is 10.0 Å². The normalized spacial score (nSPS) is 12.6. The lowest BCUT2D eigenvalue weighted by Crippen LogP contribution is -2.40. The molecule has 0 bridgehead atoms. The first-order valence-corrected chi connectivity index (χ1v) is 7.60. The van der Waals surface area contributed by atoms with Crippen LogP contribution < -0.4 is 5.73 Å². The van der Waals surface area contributed by atoms with Crippen molar-refractivity contribution in [3.8, 4) is 0 Å². The van der Waals surface area contributed by atoms with Crippen LogP contribution in [-0.4, -0.2) is 36.9 Å². The minimum absolute atomic E-state index is 0.0229. The Hall–Kier alpha value is -0.620. The predicted molar refractivity (Wildman–Crippen MR) is 71.6 cm³/mol. The quantitative estimate of drug-likeness (QED) is 0.512. The third-order valence-electron chi connectivity index (χ3n) is 2.49. The van der Waals surface area contributed by atoms with Gasteiger partial charge < -0.3 is 5.73 Å². The fourth-order valence-corrected chi connectivity index (χ4v) is 3.47. The molecule has 0 unspecified atom stereocenters. The molecule has 0 spiro atoms. The molecule has 0 radical (unpaired) electrons. The maximum absolute atomic E-state index is 12.1. The van der Waals surface area contributed by atoms with Gasteiger partial charge in [0.25, 0.3) is 0 Å². The van der Waals surface area contributed by atoms with Crippen molar-refractivity contribution >= 4 is 15.9 Å². The van der Waals surface area contributed by atoms with E-state index in [9.17, 15) is 8.42 Å². The average Bonchev–Trinajstić information content (AvgIpc) is 2.13. The van der Waals surface area contributed by atoms with Crippen LogP contribution in [0.4, 0.5) is 0 Å². The van der Waals surface area contributed by atoms with E-state index in [-0.39, 0.29) is 17.6 Å². The summed E-state index contributed by atoms with van der Waals surface area (Å²) in [4.78, 5) is 0. The van der Waals surface area contributed by atoms with Gasteiger partial charge in [-0.15, -0.1) is 0 Å². The first-order chi connectivity index (χ1) is 7.66. The minimum Gasteiger partial charge on any atom is -0.388 e. The molecular weight excluding hydrogens is 238 g/mol. The van der Waals surface area contributed by atoms with E-state index in [1.54, 1.807) is 0 Å². The number of sulfonamides is 1. The number of nitrogens with two attached hydrogens (primary N) is 1. The number of amidine groups is 1. The molecule has 17 heavy (non-hydrogen) atoms. The summed E-state index contributed by atoms with van der Waals surface area (Å²) in [5, 5.41) is 7.16. The van der Waals surface area contributed by atoms with Gasteiger partial charge in [-0.2, -0.15) is 4.31 Å². The third kappa shape index (κ3) is 6.63. The van der Waals surface area contributed by atoms with Crippen molar-refractivity contribution in [2.45, 2.75) is 46.6 Å². The Bertz CT molecular complexity index is 337. The smallest absolute Gasteiger partial charge is 0.214 e. The molecule has 0 amide bonds. The Morgan fingerprint density at radius 2 is 1.82 bits per heavy atom. The number of nitrogens with one attached hydrogen (secondary N) is 1. The monoisotopic (exact) mass is 263 g/mol. The van der Waals surface area contributed by atoms with Crippen LogP contribution in [0.15, 0.2) is 0 Å². The third-order valence-corrected chi connectivity index (χ3v) is 4.56. The summed E-state index contributed by atoms with van der Waals surface area (Å²) < 4.78 is 25.6. The number of rotatable bonds is 8. The molecule has 0 saturated heterocycles. The Morgan fingerprint density at radius 3 is 2.18 bits per heavy atom. The fourth-order valence-electron chi connectivity index (χ4n) is 1.45. The molecule has 0 saturated carbocycles. The SMILES string of the molecule is CC(C)CCS(=O)(=O)N(CCC(=N)N)C(C)C. The van der Waals surface area contributed by atoms with Crippen LogP contribution >= 0.6 is 0 Å². The number of hydrogen-bond acceptors (Lipinski definition) is 3. The fraction of sp³-hybridized carbons (Fsp3) is 0.909. The topological polar surface area (TPSA) is 87.2 Å². The molecule has 0 fully saturated rings. The van der Waals surface area contributed by atoms with Gasteiger partial charge in [0.1, 0.15) is 0 Å². The van der Waals surface area contributed by atoms with Crippen molar-refractivity contribution in [2.24, 2.45) is 11.7 Å². The first-order valence-electron chi connectivity index (χ1n) is 5.99. The lowest BCUT2D eigenvalue weighted by atomic mass is 10.2. The molecule has 0 rings (SSSR count). The molecule has 3 N–H and O–H groups in total. The molecule has 0 aliphatic rings. The second-order valence-electron chi connectivity index (χ2n) is 4.98. The second kappa shape index (κ2) is 6.96. The van der Waals surface area contributed by atoms with Crippen molar-refractivity contribution in [3.05, 3.63) is 0 Å². The Morgan fingerprint density at radius 1 is 1.29 bits per heavy atom. The van der Waals surface area contributed by atoms with Crippen LogP contribution in [0.25, 0.3) is 0 Å². The summed E-state index contributed by atoms with van der Waals surface area (Å²) in [6.07, 6.45) is 0.949. The van der Waals surface area contributed by atoms with Gasteiger partial charge >= 0.3 is 0 Å². The number of hydrogen-bond donors (Lipinski definition) is 2. The van der Waals surface area contributed by atoms with Crippen LogP contribution in [0.3, 0.4) is 0 Å². The molecule has 0 aromatic carbocycles. The first kappa shape index (κ1) is 16.4. The highest BCUT2D eigenvalue weighted by Gasteiger charge is 2.24. The lowest BCUT2D eigenvalue weighted by molar-refractivity contribution is 0.360. The summed E-state index contributed by atoms with van der Waals surface area (Å²) in [7, 11) is -3.23. The molecule has 6 heteroatoms. The molecular formula is C11H25N3O2S.